The lowest BCUT2D eigenvalue weighted by Gasteiger charge is -2.48. The number of aromatic nitrogens is 3. The summed E-state index contributed by atoms with van der Waals surface area (Å²) in [6, 6.07) is 14.7. The number of nitrogens with zero attached hydrogens (tertiary/aromatic N) is 3. The average molecular weight is 455 g/mol. The van der Waals surface area contributed by atoms with Crippen LogP contribution in [0.5, 0.6) is 0 Å². The molecule has 0 spiro atoms. The minimum Gasteiger partial charge on any atom is -0.479 e. The fraction of sp³-hybridized carbons (Fsp3) is 0.348. The molecule has 2 aromatic carbocycles. The summed E-state index contributed by atoms with van der Waals surface area (Å²) in [5, 5.41) is 18.2. The zero-order valence-electron chi connectivity index (χ0n) is 17.7. The van der Waals surface area contributed by atoms with Gasteiger partial charge in [0.15, 0.2) is 12.4 Å². The number of ether oxygens (including phenoxy) is 4. The van der Waals surface area contributed by atoms with E-state index in [1.165, 1.54) is 23.9 Å². The third-order valence-electron chi connectivity index (χ3n) is 5.88. The maximum atomic E-state index is 13.7. The lowest BCUT2D eigenvalue weighted by Crippen LogP contribution is -2.61. The van der Waals surface area contributed by atoms with Gasteiger partial charge in [-0.15, -0.1) is 5.10 Å². The van der Waals surface area contributed by atoms with Gasteiger partial charge in [0.05, 0.1) is 12.8 Å². The fourth-order valence-corrected chi connectivity index (χ4v) is 4.35. The Balaban J connectivity index is 1.51. The highest BCUT2D eigenvalue weighted by Crippen LogP contribution is 2.40. The highest BCUT2D eigenvalue weighted by molar-refractivity contribution is 5.73. The molecule has 0 bridgehead atoms. The van der Waals surface area contributed by atoms with Crippen molar-refractivity contribution < 1.29 is 33.2 Å². The number of halogens is 1. The van der Waals surface area contributed by atoms with Crippen LogP contribution in [0.15, 0.2) is 60.8 Å². The van der Waals surface area contributed by atoms with Crippen molar-refractivity contribution >= 4 is 5.97 Å². The minimum atomic E-state index is -1.26. The average Bonchev–Trinajstić information content (AvgIpc) is 3.33. The molecule has 0 amide bonds. The van der Waals surface area contributed by atoms with Crippen LogP contribution in [0.3, 0.4) is 0 Å². The molecule has 2 aliphatic rings. The molecule has 5 rings (SSSR count). The van der Waals surface area contributed by atoms with E-state index in [-0.39, 0.29) is 6.61 Å². The van der Waals surface area contributed by atoms with Gasteiger partial charge >= 0.3 is 5.97 Å². The monoisotopic (exact) mass is 455 g/mol. The molecule has 6 atom stereocenters. The quantitative estimate of drug-likeness (QED) is 0.626. The molecule has 2 fully saturated rings. The molecule has 0 radical (unpaired) electrons. The number of aliphatic carboxylic acids is 1. The minimum absolute atomic E-state index is 0.131. The van der Waals surface area contributed by atoms with Crippen LogP contribution in [0.25, 0.3) is 11.3 Å². The smallest absolute Gasteiger partial charge is 0.335 e. The summed E-state index contributed by atoms with van der Waals surface area (Å²) in [6.07, 6.45) is -2.51. The summed E-state index contributed by atoms with van der Waals surface area (Å²) in [5.41, 5.74) is 1.80. The molecule has 1 N–H and O–H groups in total. The summed E-state index contributed by atoms with van der Waals surface area (Å²) >= 11 is 0. The van der Waals surface area contributed by atoms with Crippen LogP contribution in [0.1, 0.15) is 17.9 Å². The van der Waals surface area contributed by atoms with E-state index < -0.39 is 48.5 Å². The Labute approximate surface area is 188 Å². The van der Waals surface area contributed by atoms with Crippen molar-refractivity contribution in [1.82, 2.24) is 15.0 Å². The van der Waals surface area contributed by atoms with Crippen molar-refractivity contribution in [3.05, 3.63) is 72.2 Å². The Morgan fingerprint density at radius 3 is 2.73 bits per heavy atom. The summed E-state index contributed by atoms with van der Waals surface area (Å²) in [7, 11) is 1.41. The second kappa shape index (κ2) is 8.99. The molecular formula is C23H22FN3O6. The summed E-state index contributed by atoms with van der Waals surface area (Å²) in [6.45, 7) is 0.131. The number of carboxylic acids is 1. The third-order valence-corrected chi connectivity index (χ3v) is 5.88. The number of hydrogen-bond acceptors (Lipinski definition) is 7. The van der Waals surface area contributed by atoms with Gasteiger partial charge < -0.3 is 24.1 Å². The Hall–Kier alpha value is -3.18. The number of carbonyl (C=O) groups is 1. The molecule has 2 unspecified atom stereocenters. The van der Waals surface area contributed by atoms with E-state index in [1.807, 2.05) is 30.3 Å². The van der Waals surface area contributed by atoms with E-state index in [9.17, 15) is 14.3 Å². The molecule has 0 saturated carbocycles. The van der Waals surface area contributed by atoms with Gasteiger partial charge in [-0.3, -0.25) is 0 Å². The van der Waals surface area contributed by atoms with E-state index in [0.717, 1.165) is 5.56 Å². The zero-order valence-corrected chi connectivity index (χ0v) is 17.7. The number of rotatable bonds is 5. The summed E-state index contributed by atoms with van der Waals surface area (Å²) < 4.78 is 38.7. The van der Waals surface area contributed by atoms with Crippen molar-refractivity contribution in [2.24, 2.45) is 0 Å². The lowest BCUT2D eigenvalue weighted by molar-refractivity contribution is -0.316. The van der Waals surface area contributed by atoms with Gasteiger partial charge in [0.25, 0.3) is 0 Å². The van der Waals surface area contributed by atoms with E-state index >= 15 is 0 Å². The van der Waals surface area contributed by atoms with Gasteiger partial charge in [-0.2, -0.15) is 0 Å². The van der Waals surface area contributed by atoms with Crippen molar-refractivity contribution in [3.63, 3.8) is 0 Å². The molecule has 33 heavy (non-hydrogen) atoms. The molecule has 172 valence electrons. The SMILES string of the molecule is CO[C@@H]1[C@@H](n2cc(-c3cccc(F)c3)nn2)[C@H]2OC(c3ccccc3)OCC2O[C@H]1C(=O)O. The van der Waals surface area contributed by atoms with Gasteiger partial charge in [0, 0.05) is 18.2 Å². The second-order valence-electron chi connectivity index (χ2n) is 7.90. The van der Waals surface area contributed by atoms with Gasteiger partial charge in [0.2, 0.25) is 0 Å². The summed E-state index contributed by atoms with van der Waals surface area (Å²) in [5.74, 6) is -1.56. The van der Waals surface area contributed by atoms with Crippen LogP contribution in [0.4, 0.5) is 4.39 Å². The van der Waals surface area contributed by atoms with Gasteiger partial charge in [-0.1, -0.05) is 47.7 Å². The first-order valence-corrected chi connectivity index (χ1v) is 10.5. The standard InChI is InChI=1S/C23H22FN3O6/c1-30-20-18(27-11-16(25-26-27)14-8-5-9-15(24)10-14)19-17(32-21(20)22(28)29)12-31-23(33-19)13-6-3-2-4-7-13/h2-11,17-21,23H,12H2,1H3,(H,28,29)/t17?,18-,19-,20+,21+,23?/m0/s1. The largest absolute Gasteiger partial charge is 0.479 e. The van der Waals surface area contributed by atoms with Crippen molar-refractivity contribution in [2.45, 2.75) is 36.7 Å². The van der Waals surface area contributed by atoms with Crippen molar-refractivity contribution in [2.75, 3.05) is 13.7 Å². The molecule has 1 aromatic heterocycles. The van der Waals surface area contributed by atoms with E-state index in [2.05, 4.69) is 10.3 Å². The first kappa shape index (κ1) is 21.7. The zero-order chi connectivity index (χ0) is 22.9. The molecule has 3 heterocycles. The van der Waals surface area contributed by atoms with Crippen molar-refractivity contribution in [1.29, 1.82) is 0 Å². The molecule has 2 aliphatic heterocycles. The Kier molecular flexibility index (Phi) is 5.90. The van der Waals surface area contributed by atoms with Crippen LogP contribution in [-0.4, -0.2) is 64.2 Å². The molecule has 9 nitrogen and oxygen atoms in total. The van der Waals surface area contributed by atoms with Crippen LogP contribution in [-0.2, 0) is 23.7 Å². The number of benzene rings is 2. The van der Waals surface area contributed by atoms with Gasteiger partial charge in [0.1, 0.15) is 35.9 Å². The first-order chi connectivity index (χ1) is 16.0. The molecular weight excluding hydrogens is 433 g/mol. The van der Waals surface area contributed by atoms with Crippen molar-refractivity contribution in [3.8, 4) is 11.3 Å². The topological polar surface area (TPSA) is 105 Å². The highest BCUT2D eigenvalue weighted by Gasteiger charge is 2.53. The molecule has 2 saturated heterocycles. The van der Waals surface area contributed by atoms with E-state index in [0.29, 0.717) is 11.3 Å². The Bertz CT molecular complexity index is 1130. The van der Waals surface area contributed by atoms with Crippen LogP contribution >= 0.6 is 0 Å². The van der Waals surface area contributed by atoms with Crippen LogP contribution in [0, 0.1) is 5.82 Å². The van der Waals surface area contributed by atoms with Crippen LogP contribution in [0.2, 0.25) is 0 Å². The van der Waals surface area contributed by atoms with Gasteiger partial charge in [-0.05, 0) is 12.1 Å². The van der Waals surface area contributed by atoms with Crippen LogP contribution < -0.4 is 0 Å². The molecule has 3 aromatic rings. The second-order valence-corrected chi connectivity index (χ2v) is 7.90. The van der Waals surface area contributed by atoms with E-state index in [1.54, 1.807) is 18.3 Å². The predicted octanol–water partition coefficient (Wildman–Crippen LogP) is 2.61. The maximum Gasteiger partial charge on any atom is 0.335 e. The Morgan fingerprint density at radius 1 is 1.18 bits per heavy atom. The maximum absolute atomic E-state index is 13.7. The number of fused-ring (bicyclic) bond motifs is 1. The first-order valence-electron chi connectivity index (χ1n) is 10.5. The van der Waals surface area contributed by atoms with E-state index in [4.69, 9.17) is 18.9 Å². The fourth-order valence-electron chi connectivity index (χ4n) is 4.35. The summed E-state index contributed by atoms with van der Waals surface area (Å²) in [4.78, 5) is 12.0. The predicted molar refractivity (Wildman–Crippen MR) is 112 cm³/mol. The Morgan fingerprint density at radius 2 is 2.00 bits per heavy atom. The van der Waals surface area contributed by atoms with Gasteiger partial charge in [-0.25, -0.2) is 13.9 Å². The highest BCUT2D eigenvalue weighted by atomic mass is 19.1. The number of carboxylic acid groups (broad SMARTS) is 1. The lowest BCUT2D eigenvalue weighted by atomic mass is 9.91. The number of hydrogen-bond donors (Lipinski definition) is 1. The normalized spacial score (nSPS) is 29.4. The number of methoxy groups -OCH3 is 1. The third kappa shape index (κ3) is 4.13. The molecule has 10 heteroatoms. The molecule has 0 aliphatic carbocycles.